The van der Waals surface area contributed by atoms with Gasteiger partial charge in [0, 0.05) is 38.8 Å². The van der Waals surface area contributed by atoms with Crippen LogP contribution in [0.4, 0.5) is 4.79 Å². The van der Waals surface area contributed by atoms with Gasteiger partial charge in [-0.2, -0.15) is 0 Å². The van der Waals surface area contributed by atoms with Crippen molar-refractivity contribution in [3.8, 4) is 0 Å². The highest BCUT2D eigenvalue weighted by Gasteiger charge is 2.29. The van der Waals surface area contributed by atoms with Crippen molar-refractivity contribution in [1.29, 1.82) is 0 Å². The predicted molar refractivity (Wildman–Crippen MR) is 80.3 cm³/mol. The molecule has 0 radical (unpaired) electrons. The number of carbonyl (C=O) groups is 2. The Balaban J connectivity index is 1.90. The van der Waals surface area contributed by atoms with Crippen LogP contribution in [0.5, 0.6) is 0 Å². The quantitative estimate of drug-likeness (QED) is 0.853. The maximum Gasteiger partial charge on any atom is 0.320 e. The number of urea groups is 1. The van der Waals surface area contributed by atoms with Gasteiger partial charge in [0.05, 0.1) is 6.54 Å². The summed E-state index contributed by atoms with van der Waals surface area (Å²) < 4.78 is 0. The number of aliphatic carboxylic acids is 1. The summed E-state index contributed by atoms with van der Waals surface area (Å²) in [5, 5.41) is 8.87. The Hall–Kier alpha value is -1.30. The van der Waals surface area contributed by atoms with E-state index in [1.807, 2.05) is 21.6 Å². The van der Waals surface area contributed by atoms with E-state index in [1.165, 1.54) is 12.8 Å². The average molecular weight is 297 g/mol. The molecule has 1 heterocycles. The first-order chi connectivity index (χ1) is 10.1. The van der Waals surface area contributed by atoms with Crippen LogP contribution < -0.4 is 0 Å². The predicted octanol–water partition coefficient (Wildman–Crippen LogP) is 1.46. The van der Waals surface area contributed by atoms with Gasteiger partial charge in [-0.1, -0.05) is 12.8 Å². The van der Waals surface area contributed by atoms with Crippen molar-refractivity contribution in [1.82, 2.24) is 14.7 Å². The number of nitrogens with zero attached hydrogens (tertiary/aromatic N) is 3. The number of carbonyl (C=O) groups excluding carboxylic acids is 1. The molecule has 0 spiro atoms. The molecule has 2 amide bonds. The van der Waals surface area contributed by atoms with Gasteiger partial charge < -0.3 is 14.9 Å². The van der Waals surface area contributed by atoms with E-state index >= 15 is 0 Å². The highest BCUT2D eigenvalue weighted by Crippen LogP contribution is 2.24. The van der Waals surface area contributed by atoms with Crippen LogP contribution in [0.2, 0.25) is 0 Å². The molecule has 1 aliphatic heterocycles. The largest absolute Gasteiger partial charge is 0.480 e. The number of rotatable bonds is 4. The summed E-state index contributed by atoms with van der Waals surface area (Å²) in [4.78, 5) is 29.3. The third-order valence-corrected chi connectivity index (χ3v) is 4.57. The molecule has 21 heavy (non-hydrogen) atoms. The van der Waals surface area contributed by atoms with E-state index in [0.717, 1.165) is 38.9 Å². The summed E-state index contributed by atoms with van der Waals surface area (Å²) in [6.07, 6.45) is 5.54. The summed E-state index contributed by atoms with van der Waals surface area (Å²) in [7, 11) is 0. The average Bonchev–Trinajstić information content (AvgIpc) is 2.86. The molecule has 1 saturated heterocycles. The Morgan fingerprint density at radius 2 is 1.81 bits per heavy atom. The third-order valence-electron chi connectivity index (χ3n) is 4.57. The fourth-order valence-electron chi connectivity index (χ4n) is 3.46. The van der Waals surface area contributed by atoms with Crippen molar-refractivity contribution < 1.29 is 14.7 Å². The van der Waals surface area contributed by atoms with Gasteiger partial charge in [-0.05, 0) is 26.2 Å². The number of amides is 2. The van der Waals surface area contributed by atoms with Crippen LogP contribution in [-0.2, 0) is 4.79 Å². The molecule has 0 bridgehead atoms. The lowest BCUT2D eigenvalue weighted by atomic mass is 10.2. The molecule has 1 N–H and O–H groups in total. The highest BCUT2D eigenvalue weighted by molar-refractivity contribution is 5.75. The van der Waals surface area contributed by atoms with Crippen molar-refractivity contribution in [2.24, 2.45) is 0 Å². The highest BCUT2D eigenvalue weighted by atomic mass is 16.4. The van der Waals surface area contributed by atoms with Crippen LogP contribution in [0.3, 0.4) is 0 Å². The number of carboxylic acids is 1. The van der Waals surface area contributed by atoms with Crippen LogP contribution in [-0.4, -0.2) is 77.1 Å². The van der Waals surface area contributed by atoms with Crippen LogP contribution in [0.25, 0.3) is 0 Å². The lowest BCUT2D eigenvalue weighted by molar-refractivity contribution is -0.138. The van der Waals surface area contributed by atoms with Gasteiger partial charge in [0.2, 0.25) is 0 Å². The number of hydrogen-bond donors (Lipinski definition) is 1. The molecule has 1 saturated carbocycles. The zero-order chi connectivity index (χ0) is 15.2. The molecular weight excluding hydrogens is 270 g/mol. The van der Waals surface area contributed by atoms with E-state index in [9.17, 15) is 9.59 Å². The Labute approximate surface area is 126 Å². The zero-order valence-corrected chi connectivity index (χ0v) is 13.0. The van der Waals surface area contributed by atoms with Crippen LogP contribution in [0.15, 0.2) is 0 Å². The van der Waals surface area contributed by atoms with Gasteiger partial charge in [-0.15, -0.1) is 0 Å². The number of carboxylic acid groups (broad SMARTS) is 1. The summed E-state index contributed by atoms with van der Waals surface area (Å²) >= 11 is 0. The molecule has 0 aromatic heterocycles. The first-order valence-corrected chi connectivity index (χ1v) is 8.11. The van der Waals surface area contributed by atoms with Crippen LogP contribution in [0, 0.1) is 0 Å². The Morgan fingerprint density at radius 3 is 2.43 bits per heavy atom. The maximum atomic E-state index is 12.7. The fraction of sp³-hybridized carbons (Fsp3) is 0.867. The van der Waals surface area contributed by atoms with Gasteiger partial charge in [-0.25, -0.2) is 4.79 Å². The monoisotopic (exact) mass is 297 g/mol. The van der Waals surface area contributed by atoms with Gasteiger partial charge in [0.25, 0.3) is 0 Å². The van der Waals surface area contributed by atoms with Gasteiger partial charge in [-0.3, -0.25) is 9.69 Å². The molecule has 0 aromatic rings. The summed E-state index contributed by atoms with van der Waals surface area (Å²) in [6.45, 7) is 5.66. The minimum absolute atomic E-state index is 0.0716. The van der Waals surface area contributed by atoms with E-state index in [-0.39, 0.29) is 12.6 Å². The second-order valence-corrected chi connectivity index (χ2v) is 6.02. The molecule has 2 fully saturated rings. The fourth-order valence-corrected chi connectivity index (χ4v) is 3.46. The summed E-state index contributed by atoms with van der Waals surface area (Å²) in [5.74, 6) is -0.795. The van der Waals surface area contributed by atoms with Crippen LogP contribution >= 0.6 is 0 Å². The molecular formula is C15H27N3O3. The maximum absolute atomic E-state index is 12.7. The second-order valence-electron chi connectivity index (χ2n) is 6.02. The molecule has 1 aliphatic carbocycles. The topological polar surface area (TPSA) is 64.1 Å². The van der Waals surface area contributed by atoms with Crippen LogP contribution in [0.1, 0.15) is 39.0 Å². The van der Waals surface area contributed by atoms with E-state index in [0.29, 0.717) is 19.1 Å². The molecule has 0 aromatic carbocycles. The number of hydrogen-bond acceptors (Lipinski definition) is 3. The van der Waals surface area contributed by atoms with Gasteiger partial charge in [0.15, 0.2) is 0 Å². The minimum Gasteiger partial charge on any atom is -0.480 e. The van der Waals surface area contributed by atoms with Crippen molar-refractivity contribution in [3.63, 3.8) is 0 Å². The van der Waals surface area contributed by atoms with Crippen molar-refractivity contribution in [2.45, 2.75) is 45.1 Å². The minimum atomic E-state index is -0.795. The van der Waals surface area contributed by atoms with Crippen molar-refractivity contribution in [2.75, 3.05) is 39.3 Å². The zero-order valence-electron chi connectivity index (χ0n) is 13.0. The van der Waals surface area contributed by atoms with Crippen molar-refractivity contribution in [3.05, 3.63) is 0 Å². The van der Waals surface area contributed by atoms with Crippen molar-refractivity contribution >= 4 is 12.0 Å². The SMILES string of the molecule is CCN(C(=O)N1CCCN(CC(=O)O)CC1)C1CCCC1. The molecule has 2 rings (SSSR count). The molecule has 0 unspecified atom stereocenters. The second kappa shape index (κ2) is 7.64. The molecule has 6 nitrogen and oxygen atoms in total. The normalized spacial score (nSPS) is 21.3. The Kier molecular flexibility index (Phi) is 5.85. The van der Waals surface area contributed by atoms with E-state index < -0.39 is 5.97 Å². The first-order valence-electron chi connectivity index (χ1n) is 8.11. The van der Waals surface area contributed by atoms with E-state index in [4.69, 9.17) is 5.11 Å². The van der Waals surface area contributed by atoms with Gasteiger partial charge in [0.1, 0.15) is 0 Å². The summed E-state index contributed by atoms with van der Waals surface area (Å²) in [6, 6.07) is 0.544. The Bertz CT molecular complexity index is 369. The molecule has 2 aliphatic rings. The Morgan fingerprint density at radius 1 is 1.10 bits per heavy atom. The van der Waals surface area contributed by atoms with E-state index in [2.05, 4.69) is 0 Å². The molecule has 120 valence electrons. The lowest BCUT2D eigenvalue weighted by Gasteiger charge is -2.33. The molecule has 0 atom stereocenters. The summed E-state index contributed by atoms with van der Waals surface area (Å²) in [5.41, 5.74) is 0. The standard InChI is InChI=1S/C15H27N3O3/c1-2-18(13-6-3-4-7-13)15(21)17-9-5-8-16(10-11-17)12-14(19)20/h13H,2-12H2,1H3,(H,19,20). The van der Waals surface area contributed by atoms with E-state index in [1.54, 1.807) is 0 Å². The third kappa shape index (κ3) is 4.33. The molecule has 6 heteroatoms. The lowest BCUT2D eigenvalue weighted by Crippen LogP contribution is -2.48. The smallest absolute Gasteiger partial charge is 0.320 e. The first kappa shape index (κ1) is 16.1. The van der Waals surface area contributed by atoms with Gasteiger partial charge >= 0.3 is 12.0 Å².